The van der Waals surface area contributed by atoms with E-state index in [1.54, 1.807) is 12.1 Å². The van der Waals surface area contributed by atoms with Gasteiger partial charge in [-0.05, 0) is 17.7 Å². The number of para-hydroxylation sites is 1. The van der Waals surface area contributed by atoms with Crippen molar-refractivity contribution in [3.63, 3.8) is 0 Å². The molecule has 0 aliphatic carbocycles. The van der Waals surface area contributed by atoms with E-state index in [2.05, 4.69) is 0 Å². The van der Waals surface area contributed by atoms with Gasteiger partial charge in [0, 0.05) is 0 Å². The lowest BCUT2D eigenvalue weighted by molar-refractivity contribution is 0.186. The van der Waals surface area contributed by atoms with Gasteiger partial charge in [-0.2, -0.15) is 0 Å². The van der Waals surface area contributed by atoms with Crippen molar-refractivity contribution in [3.05, 3.63) is 71.1 Å². The number of benzene rings is 2. The zero-order valence-corrected chi connectivity index (χ0v) is 11.4. The van der Waals surface area contributed by atoms with Crippen molar-refractivity contribution in [2.24, 2.45) is 0 Å². The maximum Gasteiger partial charge on any atom is 0.200 e. The standard InChI is InChI=1S/C15H10O2.C2H6O2/c16-15-12-8-4-5-9-14(12)17-10-13(15)11-6-2-1-3-7-11;3-1-2-4/h1-10H;3-4H,1-2H2. The molecule has 0 amide bonds. The maximum atomic E-state index is 12.3. The van der Waals surface area contributed by atoms with Crippen LogP contribution in [0.3, 0.4) is 0 Å². The highest BCUT2D eigenvalue weighted by Gasteiger charge is 2.07. The van der Waals surface area contributed by atoms with Crippen molar-refractivity contribution in [1.82, 2.24) is 0 Å². The first-order valence-electron chi connectivity index (χ1n) is 6.55. The highest BCUT2D eigenvalue weighted by Crippen LogP contribution is 2.18. The molecular formula is C17H16O4. The van der Waals surface area contributed by atoms with Crippen LogP contribution in [-0.2, 0) is 0 Å². The summed E-state index contributed by atoms with van der Waals surface area (Å²) in [6, 6.07) is 16.8. The van der Waals surface area contributed by atoms with Crippen LogP contribution in [0.25, 0.3) is 22.1 Å². The van der Waals surface area contributed by atoms with E-state index < -0.39 is 0 Å². The Morgan fingerprint density at radius 1 is 0.857 bits per heavy atom. The van der Waals surface area contributed by atoms with Crippen LogP contribution in [0.1, 0.15) is 0 Å². The zero-order valence-electron chi connectivity index (χ0n) is 11.4. The topological polar surface area (TPSA) is 70.7 Å². The van der Waals surface area contributed by atoms with E-state index in [0.717, 1.165) is 5.56 Å². The molecule has 0 radical (unpaired) electrons. The maximum absolute atomic E-state index is 12.3. The summed E-state index contributed by atoms with van der Waals surface area (Å²) in [7, 11) is 0. The second-order valence-corrected chi connectivity index (χ2v) is 4.29. The normalized spacial score (nSPS) is 10.0. The number of hydrogen-bond donors (Lipinski definition) is 2. The average molecular weight is 284 g/mol. The molecule has 4 heteroatoms. The number of rotatable bonds is 2. The highest BCUT2D eigenvalue weighted by molar-refractivity contribution is 5.81. The largest absolute Gasteiger partial charge is 0.463 e. The van der Waals surface area contributed by atoms with E-state index in [0.29, 0.717) is 16.5 Å². The van der Waals surface area contributed by atoms with E-state index >= 15 is 0 Å². The van der Waals surface area contributed by atoms with Crippen LogP contribution in [0.4, 0.5) is 0 Å². The van der Waals surface area contributed by atoms with Crippen LogP contribution >= 0.6 is 0 Å². The number of fused-ring (bicyclic) bond motifs is 1. The van der Waals surface area contributed by atoms with Crippen molar-refractivity contribution in [2.45, 2.75) is 0 Å². The van der Waals surface area contributed by atoms with Crippen molar-refractivity contribution >= 4 is 11.0 Å². The van der Waals surface area contributed by atoms with Gasteiger partial charge in [0.1, 0.15) is 11.8 Å². The minimum atomic E-state index is -0.125. The van der Waals surface area contributed by atoms with E-state index in [4.69, 9.17) is 14.6 Å². The van der Waals surface area contributed by atoms with Gasteiger partial charge in [0.2, 0.25) is 0 Å². The first-order chi connectivity index (χ1) is 10.3. The van der Waals surface area contributed by atoms with Gasteiger partial charge < -0.3 is 14.6 Å². The number of hydrogen-bond acceptors (Lipinski definition) is 4. The van der Waals surface area contributed by atoms with Crippen LogP contribution in [0.5, 0.6) is 0 Å². The molecule has 1 heterocycles. The smallest absolute Gasteiger partial charge is 0.200 e. The third kappa shape index (κ3) is 3.56. The summed E-state index contributed by atoms with van der Waals surface area (Å²) in [5.41, 5.74) is 2.12. The van der Waals surface area contributed by atoms with Crippen LogP contribution in [0, 0.1) is 0 Å². The lowest BCUT2D eigenvalue weighted by Gasteiger charge is -2.01. The molecule has 1 aromatic heterocycles. The molecule has 0 aliphatic rings. The fourth-order valence-corrected chi connectivity index (χ4v) is 1.89. The lowest BCUT2D eigenvalue weighted by atomic mass is 10.1. The van der Waals surface area contributed by atoms with E-state index in [-0.39, 0.29) is 18.6 Å². The van der Waals surface area contributed by atoms with Crippen molar-refractivity contribution in [3.8, 4) is 11.1 Å². The Labute approximate surface area is 121 Å². The Morgan fingerprint density at radius 2 is 1.48 bits per heavy atom. The predicted octanol–water partition coefficient (Wildman–Crippen LogP) is 2.43. The molecule has 21 heavy (non-hydrogen) atoms. The number of aliphatic hydroxyl groups is 2. The van der Waals surface area contributed by atoms with Gasteiger partial charge in [-0.25, -0.2) is 0 Å². The summed E-state index contributed by atoms with van der Waals surface area (Å²) in [6.45, 7) is -0.250. The van der Waals surface area contributed by atoms with Gasteiger partial charge in [-0.1, -0.05) is 42.5 Å². The second-order valence-electron chi connectivity index (χ2n) is 4.29. The van der Waals surface area contributed by atoms with E-state index in [9.17, 15) is 4.79 Å². The minimum absolute atomic E-state index is 0.0121. The van der Waals surface area contributed by atoms with Gasteiger partial charge in [-0.3, -0.25) is 4.79 Å². The van der Waals surface area contributed by atoms with Crippen LogP contribution < -0.4 is 5.43 Å². The van der Waals surface area contributed by atoms with Crippen molar-refractivity contribution < 1.29 is 14.6 Å². The Morgan fingerprint density at radius 3 is 2.14 bits per heavy atom. The second kappa shape index (κ2) is 7.38. The first kappa shape index (κ1) is 15.0. The summed E-state index contributed by atoms with van der Waals surface area (Å²) in [5.74, 6) is 0. The van der Waals surface area contributed by atoms with Gasteiger partial charge in [-0.15, -0.1) is 0 Å². The van der Waals surface area contributed by atoms with Gasteiger partial charge in [0.15, 0.2) is 5.43 Å². The Bertz CT molecular complexity index is 745. The summed E-state index contributed by atoms with van der Waals surface area (Å²) in [5, 5.41) is 15.9. The molecule has 0 aliphatic heterocycles. The molecule has 4 nitrogen and oxygen atoms in total. The van der Waals surface area contributed by atoms with Crippen LogP contribution in [-0.4, -0.2) is 23.4 Å². The zero-order chi connectivity index (χ0) is 15.1. The Kier molecular flexibility index (Phi) is 5.26. The molecule has 0 unspecified atom stereocenters. The number of aliphatic hydroxyl groups excluding tert-OH is 2. The van der Waals surface area contributed by atoms with Crippen molar-refractivity contribution in [2.75, 3.05) is 13.2 Å². The molecule has 0 atom stereocenters. The monoisotopic (exact) mass is 284 g/mol. The molecule has 2 aromatic carbocycles. The molecule has 0 saturated carbocycles. The molecule has 0 bridgehead atoms. The quantitative estimate of drug-likeness (QED) is 0.758. The van der Waals surface area contributed by atoms with Crippen LogP contribution in [0.2, 0.25) is 0 Å². The first-order valence-corrected chi connectivity index (χ1v) is 6.55. The minimum Gasteiger partial charge on any atom is -0.463 e. The highest BCUT2D eigenvalue weighted by atomic mass is 16.3. The summed E-state index contributed by atoms with van der Waals surface area (Å²) < 4.78 is 5.48. The average Bonchev–Trinajstić information content (AvgIpc) is 2.56. The van der Waals surface area contributed by atoms with Crippen molar-refractivity contribution in [1.29, 1.82) is 0 Å². The Hall–Kier alpha value is -2.43. The van der Waals surface area contributed by atoms with Gasteiger partial charge in [0.25, 0.3) is 0 Å². The molecule has 3 rings (SSSR count). The van der Waals surface area contributed by atoms with Crippen LogP contribution in [0.15, 0.2) is 70.1 Å². The molecule has 0 fully saturated rings. The fraction of sp³-hybridized carbons (Fsp3) is 0.118. The third-order valence-electron chi connectivity index (χ3n) is 2.86. The van der Waals surface area contributed by atoms with Gasteiger partial charge in [0.05, 0.1) is 24.2 Å². The molecule has 3 aromatic rings. The fourth-order valence-electron chi connectivity index (χ4n) is 1.89. The third-order valence-corrected chi connectivity index (χ3v) is 2.86. The summed E-state index contributed by atoms with van der Waals surface area (Å²) in [6.07, 6.45) is 1.53. The van der Waals surface area contributed by atoms with E-state index in [1.165, 1.54) is 6.26 Å². The molecule has 0 spiro atoms. The SMILES string of the molecule is O=c1c(-c2ccccc2)coc2ccccc12.OCCO. The molecule has 108 valence electrons. The summed E-state index contributed by atoms with van der Waals surface area (Å²) in [4.78, 5) is 12.3. The van der Waals surface area contributed by atoms with Gasteiger partial charge >= 0.3 is 0 Å². The lowest BCUT2D eigenvalue weighted by Crippen LogP contribution is -2.04. The molecule has 0 saturated heterocycles. The Balaban J connectivity index is 0.000000361. The summed E-state index contributed by atoms with van der Waals surface area (Å²) >= 11 is 0. The van der Waals surface area contributed by atoms with E-state index in [1.807, 2.05) is 42.5 Å². The molecular weight excluding hydrogens is 268 g/mol. The predicted molar refractivity (Wildman–Crippen MR) is 82.1 cm³/mol. The molecule has 2 N–H and O–H groups in total.